The summed E-state index contributed by atoms with van der Waals surface area (Å²) >= 11 is 0. The molecule has 0 saturated heterocycles. The van der Waals surface area contributed by atoms with Crippen LogP contribution in [0.25, 0.3) is 0 Å². The number of phenolic OH excluding ortho intramolecular Hbond substituents is 1. The fraction of sp³-hybridized carbons (Fsp3) is 0.294. The van der Waals surface area contributed by atoms with E-state index in [1.54, 1.807) is 12.1 Å². The van der Waals surface area contributed by atoms with Crippen LogP contribution in [-0.2, 0) is 19.5 Å². The fourth-order valence-electron chi connectivity index (χ4n) is 2.73. The van der Waals surface area contributed by atoms with Crippen LogP contribution in [0.15, 0.2) is 48.5 Å². The number of aryl methyl sites for hydroxylation is 1. The number of hydrogen-bond donors (Lipinski definition) is 1. The predicted octanol–water partition coefficient (Wildman–Crippen LogP) is 3.34. The van der Waals surface area contributed by atoms with Crippen molar-refractivity contribution in [1.29, 1.82) is 0 Å². The van der Waals surface area contributed by atoms with Crippen LogP contribution < -0.4 is 0 Å². The highest BCUT2D eigenvalue weighted by molar-refractivity contribution is 5.30. The van der Waals surface area contributed by atoms with Gasteiger partial charge in [-0.25, -0.2) is 0 Å². The molecule has 19 heavy (non-hydrogen) atoms. The largest absolute Gasteiger partial charge is 0.508 e. The van der Waals surface area contributed by atoms with E-state index < -0.39 is 0 Å². The minimum atomic E-state index is 0.346. The first kappa shape index (κ1) is 12.2. The highest BCUT2D eigenvalue weighted by Crippen LogP contribution is 2.22. The zero-order valence-corrected chi connectivity index (χ0v) is 11.0. The van der Waals surface area contributed by atoms with Crippen LogP contribution in [0.4, 0.5) is 0 Å². The summed E-state index contributed by atoms with van der Waals surface area (Å²) < 4.78 is 0. The van der Waals surface area contributed by atoms with E-state index in [0.717, 1.165) is 26.1 Å². The molecule has 0 aromatic heterocycles. The molecule has 1 heterocycles. The van der Waals surface area contributed by atoms with Gasteiger partial charge in [0, 0.05) is 13.1 Å². The van der Waals surface area contributed by atoms with Crippen LogP contribution in [0.3, 0.4) is 0 Å². The lowest BCUT2D eigenvalue weighted by Gasteiger charge is -2.14. The Morgan fingerprint density at radius 3 is 2.16 bits per heavy atom. The van der Waals surface area contributed by atoms with E-state index in [1.807, 2.05) is 12.1 Å². The summed E-state index contributed by atoms with van der Waals surface area (Å²) in [6.45, 7) is 3.31. The van der Waals surface area contributed by atoms with Crippen molar-refractivity contribution in [2.75, 3.05) is 6.54 Å². The molecule has 1 aliphatic rings. The molecule has 0 aliphatic carbocycles. The molecule has 0 saturated carbocycles. The molecule has 0 bridgehead atoms. The summed E-state index contributed by atoms with van der Waals surface area (Å²) in [6, 6.07) is 16.3. The molecule has 0 radical (unpaired) electrons. The molecule has 0 unspecified atom stereocenters. The van der Waals surface area contributed by atoms with Crippen molar-refractivity contribution in [3.63, 3.8) is 0 Å². The number of hydrogen-bond acceptors (Lipinski definition) is 2. The molecule has 2 nitrogen and oxygen atoms in total. The van der Waals surface area contributed by atoms with E-state index >= 15 is 0 Å². The summed E-state index contributed by atoms with van der Waals surface area (Å²) in [5.41, 5.74) is 4.26. The minimum Gasteiger partial charge on any atom is -0.508 e. The standard InChI is InChI=1S/C17H19NO/c19-17-9-7-14(8-10-17)4-3-11-18-12-15-5-1-2-6-16(15)13-18/h1-2,5-10,19H,3-4,11-13H2. The zero-order chi connectivity index (χ0) is 13.1. The van der Waals surface area contributed by atoms with Gasteiger partial charge in [-0.05, 0) is 48.2 Å². The van der Waals surface area contributed by atoms with E-state index in [1.165, 1.54) is 23.1 Å². The van der Waals surface area contributed by atoms with Gasteiger partial charge in [-0.1, -0.05) is 36.4 Å². The number of nitrogens with zero attached hydrogens (tertiary/aromatic N) is 1. The second kappa shape index (κ2) is 5.45. The lowest BCUT2D eigenvalue weighted by Crippen LogP contribution is -2.18. The van der Waals surface area contributed by atoms with Gasteiger partial charge in [0.2, 0.25) is 0 Å². The molecule has 0 fully saturated rings. The van der Waals surface area contributed by atoms with Crippen molar-refractivity contribution < 1.29 is 5.11 Å². The number of aromatic hydroxyl groups is 1. The lowest BCUT2D eigenvalue weighted by molar-refractivity contribution is 0.280. The third-order valence-corrected chi connectivity index (χ3v) is 3.78. The van der Waals surface area contributed by atoms with Gasteiger partial charge < -0.3 is 5.11 Å². The van der Waals surface area contributed by atoms with E-state index in [9.17, 15) is 5.11 Å². The van der Waals surface area contributed by atoms with Crippen molar-refractivity contribution in [2.24, 2.45) is 0 Å². The topological polar surface area (TPSA) is 23.5 Å². The zero-order valence-electron chi connectivity index (χ0n) is 11.0. The average Bonchev–Trinajstić information content (AvgIpc) is 2.83. The molecule has 2 aromatic rings. The SMILES string of the molecule is Oc1ccc(CCCN2Cc3ccccc3C2)cc1. The summed E-state index contributed by atoms with van der Waals surface area (Å²) in [7, 11) is 0. The fourth-order valence-corrected chi connectivity index (χ4v) is 2.73. The van der Waals surface area contributed by atoms with Crippen molar-refractivity contribution in [3.8, 4) is 5.75 Å². The van der Waals surface area contributed by atoms with E-state index in [0.29, 0.717) is 5.75 Å². The maximum atomic E-state index is 9.25. The third kappa shape index (κ3) is 2.96. The van der Waals surface area contributed by atoms with Crippen LogP contribution in [-0.4, -0.2) is 16.6 Å². The van der Waals surface area contributed by atoms with Crippen LogP contribution in [0.5, 0.6) is 5.75 Å². The Hall–Kier alpha value is -1.80. The van der Waals surface area contributed by atoms with Crippen LogP contribution in [0, 0.1) is 0 Å². The molecule has 3 rings (SSSR count). The Morgan fingerprint density at radius 2 is 1.53 bits per heavy atom. The van der Waals surface area contributed by atoms with Gasteiger partial charge >= 0.3 is 0 Å². The number of fused-ring (bicyclic) bond motifs is 1. The molecule has 0 spiro atoms. The van der Waals surface area contributed by atoms with Gasteiger partial charge in [-0.15, -0.1) is 0 Å². The highest BCUT2D eigenvalue weighted by atomic mass is 16.3. The summed E-state index contributed by atoms with van der Waals surface area (Å²) in [5.74, 6) is 0.346. The first-order valence-electron chi connectivity index (χ1n) is 6.88. The predicted molar refractivity (Wildman–Crippen MR) is 77.0 cm³/mol. The summed E-state index contributed by atoms with van der Waals surface area (Å²) in [4.78, 5) is 2.51. The summed E-state index contributed by atoms with van der Waals surface area (Å²) in [5, 5.41) is 9.25. The number of rotatable bonds is 4. The van der Waals surface area contributed by atoms with E-state index in [-0.39, 0.29) is 0 Å². The first-order chi connectivity index (χ1) is 9.31. The molecule has 1 aliphatic heterocycles. The van der Waals surface area contributed by atoms with Gasteiger partial charge in [0.15, 0.2) is 0 Å². The molecule has 0 amide bonds. The molecule has 2 aromatic carbocycles. The smallest absolute Gasteiger partial charge is 0.115 e. The van der Waals surface area contributed by atoms with Crippen LogP contribution in [0.1, 0.15) is 23.1 Å². The van der Waals surface area contributed by atoms with Crippen molar-refractivity contribution in [2.45, 2.75) is 25.9 Å². The summed E-state index contributed by atoms with van der Waals surface area (Å²) in [6.07, 6.45) is 2.24. The Morgan fingerprint density at radius 1 is 0.895 bits per heavy atom. The third-order valence-electron chi connectivity index (χ3n) is 3.78. The van der Waals surface area contributed by atoms with Gasteiger partial charge in [0.05, 0.1) is 0 Å². The second-order valence-electron chi connectivity index (χ2n) is 5.25. The van der Waals surface area contributed by atoms with Gasteiger partial charge in [0.25, 0.3) is 0 Å². The Bertz CT molecular complexity index is 522. The van der Waals surface area contributed by atoms with Gasteiger partial charge in [-0.2, -0.15) is 0 Å². The van der Waals surface area contributed by atoms with Crippen molar-refractivity contribution in [1.82, 2.24) is 4.90 Å². The van der Waals surface area contributed by atoms with Crippen LogP contribution >= 0.6 is 0 Å². The normalized spacial score (nSPS) is 14.5. The van der Waals surface area contributed by atoms with E-state index in [4.69, 9.17) is 0 Å². The van der Waals surface area contributed by atoms with E-state index in [2.05, 4.69) is 29.2 Å². The Kier molecular flexibility index (Phi) is 3.51. The highest BCUT2D eigenvalue weighted by Gasteiger charge is 2.17. The van der Waals surface area contributed by atoms with Gasteiger partial charge in [-0.3, -0.25) is 4.90 Å². The molecular formula is C17H19NO. The van der Waals surface area contributed by atoms with Gasteiger partial charge in [0.1, 0.15) is 5.75 Å². The molecule has 0 atom stereocenters. The Balaban J connectivity index is 1.48. The van der Waals surface area contributed by atoms with Crippen molar-refractivity contribution >= 4 is 0 Å². The Labute approximate surface area is 114 Å². The average molecular weight is 253 g/mol. The minimum absolute atomic E-state index is 0.346. The quantitative estimate of drug-likeness (QED) is 0.903. The number of phenols is 1. The lowest BCUT2D eigenvalue weighted by atomic mass is 10.1. The monoisotopic (exact) mass is 253 g/mol. The maximum absolute atomic E-state index is 9.25. The molecular weight excluding hydrogens is 234 g/mol. The second-order valence-corrected chi connectivity index (χ2v) is 5.25. The van der Waals surface area contributed by atoms with Crippen LogP contribution in [0.2, 0.25) is 0 Å². The maximum Gasteiger partial charge on any atom is 0.115 e. The molecule has 2 heteroatoms. The first-order valence-corrected chi connectivity index (χ1v) is 6.88. The van der Waals surface area contributed by atoms with Crippen molar-refractivity contribution in [3.05, 3.63) is 65.2 Å². The molecule has 1 N–H and O–H groups in total. The number of benzene rings is 2. The molecule has 98 valence electrons.